The molecule has 0 atom stereocenters. The number of rotatable bonds is 3. The summed E-state index contributed by atoms with van der Waals surface area (Å²) in [6, 6.07) is 10.9. The molecule has 5 aromatic rings. The second-order valence-corrected chi connectivity index (χ2v) is 9.26. The van der Waals surface area contributed by atoms with Gasteiger partial charge in [0.15, 0.2) is 5.65 Å². The number of nitrogens with zero attached hydrogens (tertiary/aromatic N) is 3. The number of aromatic amines is 2. The molecule has 30 heavy (non-hydrogen) atoms. The quantitative estimate of drug-likeness (QED) is 0.388. The van der Waals surface area contributed by atoms with E-state index in [-0.39, 0.29) is 0 Å². The molecule has 5 aromatic heterocycles. The van der Waals surface area contributed by atoms with Gasteiger partial charge >= 0.3 is 0 Å². The van der Waals surface area contributed by atoms with E-state index in [0.717, 1.165) is 59.4 Å². The minimum absolute atomic E-state index is 0.559. The summed E-state index contributed by atoms with van der Waals surface area (Å²) in [5, 5.41) is 13.3. The van der Waals surface area contributed by atoms with Gasteiger partial charge in [0.1, 0.15) is 5.65 Å². The lowest BCUT2D eigenvalue weighted by Crippen LogP contribution is -2.26. The van der Waals surface area contributed by atoms with Gasteiger partial charge in [-0.25, -0.2) is 9.97 Å². The van der Waals surface area contributed by atoms with Gasteiger partial charge < -0.3 is 10.3 Å². The van der Waals surface area contributed by atoms with Crippen LogP contribution in [0.4, 0.5) is 0 Å². The van der Waals surface area contributed by atoms with Gasteiger partial charge in [0.05, 0.1) is 11.4 Å². The SMILES string of the molecule is Cc1ccc(-c2ccnc3[nH]c(-c4[nH]nc5ncc(C6CCNCC6)cc45)cc23)s1. The fraction of sp³-hybridized carbons (Fsp3) is 0.261. The fourth-order valence-electron chi connectivity index (χ4n) is 4.46. The molecule has 1 fully saturated rings. The van der Waals surface area contributed by atoms with Gasteiger partial charge in [-0.3, -0.25) is 5.10 Å². The van der Waals surface area contributed by atoms with Crippen LogP contribution in [0.3, 0.4) is 0 Å². The van der Waals surface area contributed by atoms with Crippen molar-refractivity contribution in [2.24, 2.45) is 0 Å². The van der Waals surface area contributed by atoms with Crippen LogP contribution in [0.1, 0.15) is 29.2 Å². The molecule has 6 heterocycles. The summed E-state index contributed by atoms with van der Waals surface area (Å²) in [7, 11) is 0. The first-order chi connectivity index (χ1) is 14.8. The van der Waals surface area contributed by atoms with E-state index in [1.165, 1.54) is 20.9 Å². The van der Waals surface area contributed by atoms with E-state index >= 15 is 0 Å². The van der Waals surface area contributed by atoms with Crippen LogP contribution in [-0.2, 0) is 0 Å². The smallest absolute Gasteiger partial charge is 0.181 e. The van der Waals surface area contributed by atoms with Gasteiger partial charge in [0.2, 0.25) is 0 Å². The molecule has 7 heteroatoms. The Balaban J connectivity index is 1.47. The van der Waals surface area contributed by atoms with E-state index in [9.17, 15) is 0 Å². The van der Waals surface area contributed by atoms with Crippen molar-refractivity contribution < 1.29 is 0 Å². The standard InChI is InChI=1S/C23H22N6S/c1-13-2-3-20(30-13)16-6-9-25-22-17(16)11-19(27-22)21-18-10-15(12-26-23(18)29-28-21)14-4-7-24-8-5-14/h2-3,6,9-12,14,24H,4-5,7-8H2,1H3,(H,25,27)(H,26,28,29). The second kappa shape index (κ2) is 7.04. The van der Waals surface area contributed by atoms with E-state index in [1.54, 1.807) is 11.3 Å². The number of piperidine rings is 1. The van der Waals surface area contributed by atoms with Crippen molar-refractivity contribution in [2.45, 2.75) is 25.7 Å². The highest BCUT2D eigenvalue weighted by Crippen LogP contribution is 2.36. The summed E-state index contributed by atoms with van der Waals surface area (Å²) >= 11 is 1.81. The van der Waals surface area contributed by atoms with Crippen molar-refractivity contribution >= 4 is 33.4 Å². The predicted octanol–water partition coefficient (Wildman–Crippen LogP) is 5.01. The molecule has 0 radical (unpaired) electrons. The van der Waals surface area contributed by atoms with Crippen LogP contribution in [0, 0.1) is 6.92 Å². The first kappa shape index (κ1) is 17.8. The maximum absolute atomic E-state index is 4.63. The zero-order chi connectivity index (χ0) is 20.1. The molecule has 0 bridgehead atoms. The Morgan fingerprint density at radius 1 is 1.03 bits per heavy atom. The number of aromatic nitrogens is 5. The lowest BCUT2D eigenvalue weighted by molar-refractivity contribution is 0.460. The molecule has 150 valence electrons. The number of pyridine rings is 2. The highest BCUT2D eigenvalue weighted by atomic mass is 32.1. The monoisotopic (exact) mass is 414 g/mol. The Morgan fingerprint density at radius 3 is 2.77 bits per heavy atom. The second-order valence-electron chi connectivity index (χ2n) is 7.98. The molecule has 1 aliphatic rings. The Labute approximate surface area is 177 Å². The lowest BCUT2D eigenvalue weighted by atomic mass is 9.91. The molecule has 3 N–H and O–H groups in total. The molecule has 0 amide bonds. The van der Waals surface area contributed by atoms with Gasteiger partial charge in [0.25, 0.3) is 0 Å². The molecule has 6 nitrogen and oxygen atoms in total. The van der Waals surface area contributed by atoms with E-state index in [0.29, 0.717) is 5.92 Å². The van der Waals surface area contributed by atoms with Crippen molar-refractivity contribution in [3.8, 4) is 21.8 Å². The van der Waals surface area contributed by atoms with Crippen LogP contribution in [0.15, 0.2) is 42.7 Å². The summed E-state index contributed by atoms with van der Waals surface area (Å²) in [6.07, 6.45) is 6.17. The van der Waals surface area contributed by atoms with Gasteiger partial charge in [-0.15, -0.1) is 11.3 Å². The van der Waals surface area contributed by atoms with Gasteiger partial charge in [-0.1, -0.05) is 0 Å². The molecule has 6 rings (SSSR count). The minimum Gasteiger partial charge on any atom is -0.338 e. The Kier molecular flexibility index (Phi) is 4.17. The lowest BCUT2D eigenvalue weighted by Gasteiger charge is -2.22. The van der Waals surface area contributed by atoms with Crippen LogP contribution >= 0.6 is 11.3 Å². The summed E-state index contributed by atoms with van der Waals surface area (Å²) < 4.78 is 0. The number of thiophene rings is 1. The van der Waals surface area contributed by atoms with Crippen molar-refractivity contribution in [3.05, 3.63) is 53.2 Å². The first-order valence-corrected chi connectivity index (χ1v) is 11.2. The predicted molar refractivity (Wildman–Crippen MR) is 122 cm³/mol. The molecule has 0 unspecified atom stereocenters. The van der Waals surface area contributed by atoms with Crippen molar-refractivity contribution in [3.63, 3.8) is 0 Å². The Bertz CT molecular complexity index is 1350. The zero-order valence-corrected chi connectivity index (χ0v) is 17.5. The number of H-pyrrole nitrogens is 2. The average molecular weight is 415 g/mol. The Hall–Kier alpha value is -3.03. The molecule has 1 saturated heterocycles. The molecule has 0 saturated carbocycles. The summed E-state index contributed by atoms with van der Waals surface area (Å²) in [4.78, 5) is 15.3. The minimum atomic E-state index is 0.559. The number of aryl methyl sites for hydroxylation is 1. The number of hydrogen-bond acceptors (Lipinski definition) is 5. The van der Waals surface area contributed by atoms with Crippen molar-refractivity contribution in [1.82, 2.24) is 30.5 Å². The first-order valence-electron chi connectivity index (χ1n) is 10.4. The van der Waals surface area contributed by atoms with E-state index < -0.39 is 0 Å². The van der Waals surface area contributed by atoms with Crippen molar-refractivity contribution in [1.29, 1.82) is 0 Å². The van der Waals surface area contributed by atoms with Crippen LogP contribution in [0.5, 0.6) is 0 Å². The van der Waals surface area contributed by atoms with Crippen molar-refractivity contribution in [2.75, 3.05) is 13.1 Å². The third kappa shape index (κ3) is 2.93. The van der Waals surface area contributed by atoms with Gasteiger partial charge in [0, 0.05) is 38.5 Å². The molecular weight excluding hydrogens is 392 g/mol. The maximum Gasteiger partial charge on any atom is 0.181 e. The van der Waals surface area contributed by atoms with Crippen LogP contribution in [0.2, 0.25) is 0 Å². The zero-order valence-electron chi connectivity index (χ0n) is 16.7. The molecule has 0 aliphatic carbocycles. The van der Waals surface area contributed by atoms with Crippen LogP contribution in [-0.4, -0.2) is 38.2 Å². The largest absolute Gasteiger partial charge is 0.338 e. The fourth-order valence-corrected chi connectivity index (χ4v) is 5.36. The topological polar surface area (TPSA) is 82.3 Å². The highest BCUT2D eigenvalue weighted by Gasteiger charge is 2.19. The Morgan fingerprint density at radius 2 is 1.93 bits per heavy atom. The average Bonchev–Trinajstić information content (AvgIpc) is 3.51. The summed E-state index contributed by atoms with van der Waals surface area (Å²) in [5.41, 5.74) is 6.11. The molecule has 0 aromatic carbocycles. The maximum atomic E-state index is 4.63. The van der Waals surface area contributed by atoms with E-state index in [4.69, 9.17) is 0 Å². The van der Waals surface area contributed by atoms with E-state index in [2.05, 4.69) is 67.7 Å². The third-order valence-electron chi connectivity index (χ3n) is 6.05. The molecule has 0 spiro atoms. The number of nitrogens with one attached hydrogen (secondary N) is 3. The number of hydrogen-bond donors (Lipinski definition) is 3. The van der Waals surface area contributed by atoms with Gasteiger partial charge in [-0.2, -0.15) is 5.10 Å². The van der Waals surface area contributed by atoms with E-state index in [1.807, 2.05) is 12.4 Å². The van der Waals surface area contributed by atoms with Gasteiger partial charge in [-0.05, 0) is 74.7 Å². The summed E-state index contributed by atoms with van der Waals surface area (Å²) in [6.45, 7) is 4.28. The third-order valence-corrected chi connectivity index (χ3v) is 7.08. The summed E-state index contributed by atoms with van der Waals surface area (Å²) in [5.74, 6) is 0.559. The normalized spacial score (nSPS) is 15.4. The number of fused-ring (bicyclic) bond motifs is 2. The highest BCUT2D eigenvalue weighted by molar-refractivity contribution is 7.15. The van der Waals surface area contributed by atoms with Crippen LogP contribution in [0.25, 0.3) is 43.9 Å². The molecular formula is C23H22N6S. The van der Waals surface area contributed by atoms with Crippen LogP contribution < -0.4 is 5.32 Å². The molecule has 1 aliphatic heterocycles.